The van der Waals surface area contributed by atoms with Crippen LogP contribution in [0.25, 0.3) is 0 Å². The molecule has 0 unspecified atom stereocenters. The summed E-state index contributed by atoms with van der Waals surface area (Å²) in [7, 11) is 0. The molecule has 0 aromatic carbocycles. The maximum absolute atomic E-state index is 12.7. The number of hydrogen-bond acceptors (Lipinski definition) is 3. The van der Waals surface area contributed by atoms with Gasteiger partial charge in [0.1, 0.15) is 0 Å². The fourth-order valence-electron chi connectivity index (χ4n) is 5.00. The molecule has 1 N–H and O–H groups in total. The van der Waals surface area contributed by atoms with E-state index in [0.29, 0.717) is 11.0 Å². The van der Waals surface area contributed by atoms with Crippen LogP contribution in [0, 0.1) is 23.2 Å². The van der Waals surface area contributed by atoms with Gasteiger partial charge in [-0.2, -0.15) is 0 Å². The topological polar surface area (TPSA) is 54.9 Å². The van der Waals surface area contributed by atoms with E-state index < -0.39 is 0 Å². The first kappa shape index (κ1) is 12.6. The van der Waals surface area contributed by atoms with Gasteiger partial charge in [0.2, 0.25) is 11.9 Å². The molecule has 1 aromatic heterocycles. The van der Waals surface area contributed by atoms with E-state index in [1.54, 1.807) is 0 Å². The van der Waals surface area contributed by atoms with E-state index in [4.69, 9.17) is 11.6 Å². The molecule has 4 saturated carbocycles. The van der Waals surface area contributed by atoms with Crippen molar-refractivity contribution < 1.29 is 4.79 Å². The van der Waals surface area contributed by atoms with E-state index in [1.165, 1.54) is 31.7 Å². The molecule has 4 aliphatic carbocycles. The van der Waals surface area contributed by atoms with Crippen LogP contribution < -0.4 is 5.32 Å². The van der Waals surface area contributed by atoms with Gasteiger partial charge in [0.25, 0.3) is 0 Å². The van der Waals surface area contributed by atoms with Crippen molar-refractivity contribution >= 4 is 23.5 Å². The quantitative estimate of drug-likeness (QED) is 0.910. The van der Waals surface area contributed by atoms with Gasteiger partial charge in [0.05, 0.1) is 22.8 Å². The molecule has 1 heterocycles. The minimum absolute atomic E-state index is 0.124. The lowest BCUT2D eigenvalue weighted by Gasteiger charge is -2.55. The highest BCUT2D eigenvalue weighted by Crippen LogP contribution is 2.60. The zero-order valence-corrected chi connectivity index (χ0v) is 12.1. The minimum Gasteiger partial charge on any atom is -0.294 e. The molecule has 4 fully saturated rings. The third-order valence-corrected chi connectivity index (χ3v) is 5.56. The molecule has 4 nitrogen and oxygen atoms in total. The number of rotatable bonds is 2. The maximum Gasteiger partial charge on any atom is 0.232 e. The van der Waals surface area contributed by atoms with Crippen molar-refractivity contribution in [3.8, 4) is 0 Å². The molecule has 4 aliphatic rings. The lowest BCUT2D eigenvalue weighted by Crippen LogP contribution is -2.51. The molecule has 5 heteroatoms. The van der Waals surface area contributed by atoms with Crippen molar-refractivity contribution in [1.82, 2.24) is 9.97 Å². The van der Waals surface area contributed by atoms with E-state index in [-0.39, 0.29) is 11.3 Å². The number of halogens is 1. The molecule has 1 amide bonds. The Morgan fingerprint density at radius 2 is 1.60 bits per heavy atom. The lowest BCUT2D eigenvalue weighted by molar-refractivity contribution is -0.140. The summed E-state index contributed by atoms with van der Waals surface area (Å²) >= 11 is 5.77. The summed E-state index contributed by atoms with van der Waals surface area (Å²) in [6.45, 7) is 0. The summed E-state index contributed by atoms with van der Waals surface area (Å²) in [5.74, 6) is 2.78. The Morgan fingerprint density at radius 1 is 1.10 bits per heavy atom. The highest BCUT2D eigenvalue weighted by Gasteiger charge is 2.54. The first-order valence-corrected chi connectivity index (χ1v) is 7.80. The Kier molecular flexibility index (Phi) is 2.78. The summed E-state index contributed by atoms with van der Waals surface area (Å²) in [5, 5.41) is 3.39. The molecular weight excluding hydrogens is 274 g/mol. The number of nitrogens with one attached hydrogen (secondary N) is 1. The second kappa shape index (κ2) is 4.42. The molecule has 5 rings (SSSR count). The average Bonchev–Trinajstić information content (AvgIpc) is 2.40. The Morgan fingerprint density at radius 3 is 2.10 bits per heavy atom. The van der Waals surface area contributed by atoms with Gasteiger partial charge in [-0.05, 0) is 56.3 Å². The molecule has 0 radical (unpaired) electrons. The summed E-state index contributed by atoms with van der Waals surface area (Å²) in [5.41, 5.74) is -0.155. The number of hydrogen-bond donors (Lipinski definition) is 1. The molecule has 20 heavy (non-hydrogen) atoms. The second-order valence-electron chi connectivity index (χ2n) is 6.88. The molecule has 0 aliphatic heterocycles. The van der Waals surface area contributed by atoms with Gasteiger partial charge < -0.3 is 0 Å². The summed E-state index contributed by atoms with van der Waals surface area (Å²) in [6, 6.07) is 0. The van der Waals surface area contributed by atoms with Crippen LogP contribution in [0.4, 0.5) is 5.95 Å². The highest BCUT2D eigenvalue weighted by atomic mass is 35.5. The van der Waals surface area contributed by atoms with Crippen molar-refractivity contribution in [2.24, 2.45) is 23.2 Å². The Hall–Kier alpha value is -1.16. The van der Waals surface area contributed by atoms with Crippen LogP contribution in [0.2, 0.25) is 5.02 Å². The summed E-state index contributed by atoms with van der Waals surface area (Å²) in [4.78, 5) is 20.9. The predicted octanol–water partition coefficient (Wildman–Crippen LogP) is 3.28. The Balaban J connectivity index is 1.54. The van der Waals surface area contributed by atoms with Crippen LogP contribution in [0.15, 0.2) is 12.4 Å². The van der Waals surface area contributed by atoms with Gasteiger partial charge in [-0.15, -0.1) is 0 Å². The standard InChI is InChI=1S/C15H18ClN3O/c16-12-7-17-14(18-8-12)19-13(20)15-4-9-1-10(5-15)3-11(2-9)6-15/h7-11H,1-6H2,(H,17,18,19,20). The Labute approximate surface area is 123 Å². The molecular formula is C15H18ClN3O. The predicted molar refractivity (Wildman–Crippen MR) is 76.3 cm³/mol. The van der Waals surface area contributed by atoms with Crippen molar-refractivity contribution in [2.75, 3.05) is 5.32 Å². The molecule has 106 valence electrons. The first-order valence-electron chi connectivity index (χ1n) is 7.42. The van der Waals surface area contributed by atoms with Crippen LogP contribution in [0.3, 0.4) is 0 Å². The van der Waals surface area contributed by atoms with Crippen molar-refractivity contribution in [3.63, 3.8) is 0 Å². The van der Waals surface area contributed by atoms with E-state index in [1.807, 2.05) is 0 Å². The van der Waals surface area contributed by atoms with E-state index >= 15 is 0 Å². The minimum atomic E-state index is -0.155. The van der Waals surface area contributed by atoms with Crippen LogP contribution in [-0.4, -0.2) is 15.9 Å². The van der Waals surface area contributed by atoms with Crippen molar-refractivity contribution in [2.45, 2.75) is 38.5 Å². The number of nitrogens with zero attached hydrogens (tertiary/aromatic N) is 2. The van der Waals surface area contributed by atoms with Crippen molar-refractivity contribution in [1.29, 1.82) is 0 Å². The van der Waals surface area contributed by atoms with Crippen LogP contribution in [-0.2, 0) is 4.79 Å². The fourth-order valence-corrected chi connectivity index (χ4v) is 5.10. The number of carbonyl (C=O) groups excluding carboxylic acids is 1. The molecule has 0 saturated heterocycles. The molecule has 1 aromatic rings. The lowest BCUT2D eigenvalue weighted by atomic mass is 9.49. The molecule has 0 spiro atoms. The maximum atomic E-state index is 12.7. The van der Waals surface area contributed by atoms with Gasteiger partial charge in [0.15, 0.2) is 0 Å². The number of carbonyl (C=O) groups is 1. The van der Waals surface area contributed by atoms with Crippen LogP contribution in [0.1, 0.15) is 38.5 Å². The van der Waals surface area contributed by atoms with Gasteiger partial charge >= 0.3 is 0 Å². The van der Waals surface area contributed by atoms with Gasteiger partial charge in [-0.3, -0.25) is 10.1 Å². The fraction of sp³-hybridized carbons (Fsp3) is 0.667. The zero-order valence-electron chi connectivity index (χ0n) is 11.3. The SMILES string of the molecule is O=C(Nc1ncc(Cl)cn1)C12CC3CC(CC(C3)C1)C2. The highest BCUT2D eigenvalue weighted by molar-refractivity contribution is 6.30. The summed E-state index contributed by atoms with van der Waals surface area (Å²) in [6.07, 6.45) is 10.2. The van der Waals surface area contributed by atoms with Gasteiger partial charge in [-0.25, -0.2) is 9.97 Å². The second-order valence-corrected chi connectivity index (χ2v) is 7.31. The largest absolute Gasteiger partial charge is 0.294 e. The Bertz CT molecular complexity index is 507. The summed E-state index contributed by atoms with van der Waals surface area (Å²) < 4.78 is 0. The first-order chi connectivity index (χ1) is 9.63. The molecule has 0 atom stereocenters. The zero-order chi connectivity index (χ0) is 13.7. The number of anilines is 1. The monoisotopic (exact) mass is 291 g/mol. The smallest absolute Gasteiger partial charge is 0.232 e. The molecule has 4 bridgehead atoms. The van der Waals surface area contributed by atoms with Crippen LogP contribution in [0.5, 0.6) is 0 Å². The van der Waals surface area contributed by atoms with Crippen molar-refractivity contribution in [3.05, 3.63) is 17.4 Å². The number of amides is 1. The third kappa shape index (κ3) is 2.01. The van der Waals surface area contributed by atoms with E-state index in [9.17, 15) is 4.79 Å². The van der Waals surface area contributed by atoms with Crippen LogP contribution >= 0.6 is 11.6 Å². The van der Waals surface area contributed by atoms with E-state index in [0.717, 1.165) is 37.0 Å². The normalized spacial score (nSPS) is 38.0. The average molecular weight is 292 g/mol. The van der Waals surface area contributed by atoms with Gasteiger partial charge in [0, 0.05) is 0 Å². The van der Waals surface area contributed by atoms with E-state index in [2.05, 4.69) is 15.3 Å². The third-order valence-electron chi connectivity index (χ3n) is 5.37. The number of aromatic nitrogens is 2. The van der Waals surface area contributed by atoms with Gasteiger partial charge in [-0.1, -0.05) is 11.6 Å².